The average molecular weight is 397 g/mol. The number of ether oxygens (including phenoxy) is 1. The van der Waals surface area contributed by atoms with Crippen LogP contribution < -0.4 is 20.3 Å². The van der Waals surface area contributed by atoms with Gasteiger partial charge in [-0.1, -0.05) is 31.4 Å². The molecule has 0 bridgehead atoms. The van der Waals surface area contributed by atoms with Crippen LogP contribution in [0.25, 0.3) is 0 Å². The second-order valence-electron chi connectivity index (χ2n) is 7.51. The van der Waals surface area contributed by atoms with Gasteiger partial charge >= 0.3 is 0 Å². The van der Waals surface area contributed by atoms with Gasteiger partial charge in [-0.2, -0.15) is 0 Å². The lowest BCUT2D eigenvalue weighted by Gasteiger charge is -2.31. The number of carbonyl (C=O) groups excluding carboxylic acids is 2. The largest absolute Gasteiger partial charge is 0.495 e. The number of hydrogen-bond donors (Lipinski definition) is 3. The Balaban J connectivity index is 1.89. The second kappa shape index (κ2) is 9.95. The van der Waals surface area contributed by atoms with Crippen molar-refractivity contribution in [3.63, 3.8) is 0 Å². The zero-order chi connectivity index (χ0) is 20.0. The maximum atomic E-state index is 12.6. The summed E-state index contributed by atoms with van der Waals surface area (Å²) in [5.74, 6) is 0.856. The third-order valence-electron chi connectivity index (χ3n) is 5.45. The van der Waals surface area contributed by atoms with Gasteiger partial charge in [0, 0.05) is 11.1 Å². The molecule has 3 N–H and O–H groups in total. The molecule has 1 aromatic rings. The Morgan fingerprint density at radius 2 is 2.04 bits per heavy atom. The van der Waals surface area contributed by atoms with Crippen molar-refractivity contribution < 1.29 is 19.2 Å². The van der Waals surface area contributed by atoms with Crippen LogP contribution >= 0.6 is 11.6 Å². The number of benzene rings is 1. The highest BCUT2D eigenvalue weighted by Crippen LogP contribution is 2.27. The maximum Gasteiger partial charge on any atom is 0.279 e. The first-order valence-corrected chi connectivity index (χ1v) is 9.95. The first-order valence-electron chi connectivity index (χ1n) is 9.58. The van der Waals surface area contributed by atoms with Gasteiger partial charge in [0.05, 0.1) is 19.8 Å². The highest BCUT2D eigenvalue weighted by molar-refractivity contribution is 6.31. The number of anilines is 1. The lowest BCUT2D eigenvalue weighted by molar-refractivity contribution is -0.885. The van der Waals surface area contributed by atoms with Crippen LogP contribution in [0.2, 0.25) is 5.02 Å². The fourth-order valence-electron chi connectivity index (χ4n) is 3.44. The van der Waals surface area contributed by atoms with Crippen LogP contribution in [0.1, 0.15) is 39.5 Å². The molecule has 1 unspecified atom stereocenters. The van der Waals surface area contributed by atoms with Crippen LogP contribution in [0, 0.1) is 5.92 Å². The number of nitrogens with one attached hydrogen (secondary N) is 3. The van der Waals surface area contributed by atoms with Crippen molar-refractivity contribution in [2.75, 3.05) is 26.0 Å². The van der Waals surface area contributed by atoms with E-state index < -0.39 is 0 Å². The minimum absolute atomic E-state index is 0.000568. The van der Waals surface area contributed by atoms with Crippen LogP contribution in [-0.2, 0) is 9.59 Å². The number of halogens is 1. The third-order valence-corrected chi connectivity index (χ3v) is 5.68. The van der Waals surface area contributed by atoms with Crippen molar-refractivity contribution in [2.24, 2.45) is 5.92 Å². The Morgan fingerprint density at radius 3 is 2.70 bits per heavy atom. The van der Waals surface area contributed by atoms with E-state index in [-0.39, 0.29) is 30.4 Å². The van der Waals surface area contributed by atoms with E-state index in [2.05, 4.69) is 17.6 Å². The molecule has 0 aromatic heterocycles. The SMILES string of the molecule is COc1ccc(Cl)cc1NC(=O)C[NH+](C)[C@H](C)C(=O)N[C@H]1CCCC[C@H]1C. The molecule has 2 rings (SSSR count). The van der Waals surface area contributed by atoms with Gasteiger partial charge in [0.15, 0.2) is 12.6 Å². The number of hydrogen-bond acceptors (Lipinski definition) is 3. The molecule has 1 aliphatic rings. The minimum atomic E-state index is -0.314. The van der Waals surface area contributed by atoms with Crippen molar-refractivity contribution in [3.8, 4) is 5.75 Å². The van der Waals surface area contributed by atoms with Gasteiger partial charge in [0.2, 0.25) is 0 Å². The van der Waals surface area contributed by atoms with Crippen molar-refractivity contribution in [1.29, 1.82) is 0 Å². The summed E-state index contributed by atoms with van der Waals surface area (Å²) in [5, 5.41) is 6.50. The summed E-state index contributed by atoms with van der Waals surface area (Å²) in [6.45, 7) is 4.22. The van der Waals surface area contributed by atoms with Crippen LogP contribution in [0.3, 0.4) is 0 Å². The fraction of sp³-hybridized carbons (Fsp3) is 0.600. The molecule has 0 saturated heterocycles. The Morgan fingerprint density at radius 1 is 1.33 bits per heavy atom. The van der Waals surface area contributed by atoms with Crippen LogP contribution in [0.4, 0.5) is 5.69 Å². The molecule has 1 saturated carbocycles. The Hall–Kier alpha value is -1.79. The van der Waals surface area contributed by atoms with E-state index in [0.29, 0.717) is 22.4 Å². The van der Waals surface area contributed by atoms with E-state index in [1.165, 1.54) is 13.5 Å². The molecule has 27 heavy (non-hydrogen) atoms. The van der Waals surface area contributed by atoms with Gasteiger partial charge in [-0.05, 0) is 43.9 Å². The summed E-state index contributed by atoms with van der Waals surface area (Å²) in [5.41, 5.74) is 0.524. The van der Waals surface area contributed by atoms with E-state index in [1.54, 1.807) is 18.2 Å². The summed E-state index contributed by atoms with van der Waals surface area (Å²) < 4.78 is 5.24. The summed E-state index contributed by atoms with van der Waals surface area (Å²) in [4.78, 5) is 25.8. The molecule has 1 aliphatic carbocycles. The molecule has 0 aliphatic heterocycles. The normalized spacial score (nSPS) is 21.8. The Labute approximate surface area is 166 Å². The van der Waals surface area contributed by atoms with Crippen LogP contribution in [0.5, 0.6) is 5.75 Å². The summed E-state index contributed by atoms with van der Waals surface area (Å²) in [7, 11) is 3.39. The highest BCUT2D eigenvalue weighted by Gasteiger charge is 2.29. The third kappa shape index (κ3) is 6.11. The molecule has 150 valence electrons. The molecule has 1 fully saturated rings. The Kier molecular flexibility index (Phi) is 7.92. The van der Waals surface area contributed by atoms with Crippen molar-refractivity contribution in [1.82, 2.24) is 5.32 Å². The second-order valence-corrected chi connectivity index (χ2v) is 7.95. The number of quaternary nitrogens is 1. The topological polar surface area (TPSA) is 71.9 Å². The average Bonchev–Trinajstić information content (AvgIpc) is 2.63. The molecule has 7 heteroatoms. The first kappa shape index (κ1) is 21.5. The van der Waals surface area contributed by atoms with E-state index in [0.717, 1.165) is 24.2 Å². The molecule has 6 nitrogen and oxygen atoms in total. The van der Waals surface area contributed by atoms with Crippen molar-refractivity contribution >= 4 is 29.1 Å². The number of amides is 2. The smallest absolute Gasteiger partial charge is 0.279 e. The number of carbonyl (C=O) groups is 2. The van der Waals surface area contributed by atoms with Gasteiger partial charge in [0.25, 0.3) is 11.8 Å². The molecular weight excluding hydrogens is 366 g/mol. The monoisotopic (exact) mass is 396 g/mol. The standard InChI is InChI=1S/C20H30ClN3O3/c1-13-7-5-6-8-16(13)23-20(26)14(2)24(3)12-19(25)22-17-11-15(21)9-10-18(17)27-4/h9-11,13-14,16H,5-8,12H2,1-4H3,(H,22,25)(H,23,26)/p+1/t13-,14-,16+/m1/s1. The van der Waals surface area contributed by atoms with Gasteiger partial charge in [-0.25, -0.2) is 0 Å². The quantitative estimate of drug-likeness (QED) is 0.659. The van der Waals surface area contributed by atoms with E-state index in [4.69, 9.17) is 16.3 Å². The lowest BCUT2D eigenvalue weighted by Crippen LogP contribution is -3.15. The van der Waals surface area contributed by atoms with E-state index in [1.807, 2.05) is 14.0 Å². The van der Waals surface area contributed by atoms with Crippen LogP contribution in [0.15, 0.2) is 18.2 Å². The zero-order valence-corrected chi connectivity index (χ0v) is 17.4. The molecule has 2 amide bonds. The van der Waals surface area contributed by atoms with E-state index >= 15 is 0 Å². The van der Waals surface area contributed by atoms with Gasteiger partial charge in [0.1, 0.15) is 5.75 Å². The lowest BCUT2D eigenvalue weighted by atomic mass is 9.86. The zero-order valence-electron chi connectivity index (χ0n) is 16.6. The number of likely N-dealkylation sites (N-methyl/N-ethyl adjacent to an activating group) is 1. The van der Waals surface area contributed by atoms with Crippen LogP contribution in [-0.4, -0.2) is 44.6 Å². The summed E-state index contributed by atoms with van der Waals surface area (Å²) >= 11 is 5.99. The highest BCUT2D eigenvalue weighted by atomic mass is 35.5. The maximum absolute atomic E-state index is 12.6. The summed E-state index contributed by atoms with van der Waals surface area (Å²) in [6, 6.07) is 4.98. The van der Waals surface area contributed by atoms with Crippen molar-refractivity contribution in [3.05, 3.63) is 23.2 Å². The van der Waals surface area contributed by atoms with Gasteiger partial charge < -0.3 is 20.3 Å². The van der Waals surface area contributed by atoms with Crippen molar-refractivity contribution in [2.45, 2.75) is 51.6 Å². The number of methoxy groups -OCH3 is 1. The van der Waals surface area contributed by atoms with Gasteiger partial charge in [-0.15, -0.1) is 0 Å². The molecule has 1 aromatic carbocycles. The molecule has 4 atom stereocenters. The Bertz CT molecular complexity index is 668. The summed E-state index contributed by atoms with van der Waals surface area (Å²) in [6.07, 6.45) is 4.59. The predicted octanol–water partition coefficient (Wildman–Crippen LogP) is 1.89. The molecule has 0 heterocycles. The first-order chi connectivity index (χ1) is 12.8. The van der Waals surface area contributed by atoms with Gasteiger partial charge in [-0.3, -0.25) is 9.59 Å². The number of rotatable bonds is 7. The minimum Gasteiger partial charge on any atom is -0.495 e. The van der Waals surface area contributed by atoms with E-state index in [9.17, 15) is 9.59 Å². The fourth-order valence-corrected chi connectivity index (χ4v) is 3.61. The molecule has 0 spiro atoms. The predicted molar refractivity (Wildman–Crippen MR) is 107 cm³/mol. The molecular formula is C20H31ClN3O3+. The molecule has 0 radical (unpaired) electrons.